The summed E-state index contributed by atoms with van der Waals surface area (Å²) in [5.74, 6) is -2.29. The summed E-state index contributed by atoms with van der Waals surface area (Å²) in [5.41, 5.74) is 6.47. The van der Waals surface area contributed by atoms with Gasteiger partial charge in [-0.15, -0.1) is 0 Å². The van der Waals surface area contributed by atoms with E-state index in [2.05, 4.69) is 79.6 Å². The molecule has 5 aromatic carbocycles. The van der Waals surface area contributed by atoms with Crippen molar-refractivity contribution in [3.8, 4) is 5.75 Å². The Morgan fingerprint density at radius 2 is 1.48 bits per heavy atom. The zero-order valence-corrected chi connectivity index (χ0v) is 39.1. The number of phenols is 1. The number of hydrogen-bond donors (Lipinski definition) is 3. The molecule has 2 saturated heterocycles. The number of hydrogen-bond acceptors (Lipinski definition) is 8. The van der Waals surface area contributed by atoms with E-state index in [1.165, 1.54) is 11.0 Å². The van der Waals surface area contributed by atoms with Gasteiger partial charge in [-0.05, 0) is 142 Å². The van der Waals surface area contributed by atoms with Crippen LogP contribution < -0.4 is 20.6 Å². The molecule has 0 spiro atoms. The van der Waals surface area contributed by atoms with Crippen molar-refractivity contribution >= 4 is 77.9 Å². The average molecular weight is 914 g/mol. The Morgan fingerprint density at radius 1 is 0.848 bits per heavy atom. The Morgan fingerprint density at radius 3 is 2.11 bits per heavy atom. The molecule has 4 atom stereocenters. The Balaban J connectivity index is 1.11. The molecule has 1 aromatic heterocycles. The maximum absolute atomic E-state index is 14.9. The lowest BCUT2D eigenvalue weighted by Gasteiger charge is -2.46. The van der Waals surface area contributed by atoms with E-state index in [0.29, 0.717) is 30.0 Å². The number of para-hydroxylation sites is 1. The van der Waals surface area contributed by atoms with Gasteiger partial charge in [-0.25, -0.2) is 0 Å². The first-order valence-corrected chi connectivity index (χ1v) is 24.9. The molecule has 6 aromatic rings. The number of rotatable bonds is 13. The number of aromatic nitrogens is 1. The van der Waals surface area contributed by atoms with Crippen LogP contribution in [0, 0.1) is 17.8 Å². The van der Waals surface area contributed by atoms with Crippen molar-refractivity contribution in [1.29, 1.82) is 0 Å². The van der Waals surface area contributed by atoms with Crippen LogP contribution in [0.25, 0.3) is 11.6 Å². The van der Waals surface area contributed by atoms with Crippen molar-refractivity contribution < 1.29 is 28.8 Å². The van der Waals surface area contributed by atoms with Crippen LogP contribution in [0.2, 0.25) is 16.4 Å². The minimum Gasteiger partial charge on any atom is -0.508 e. The fourth-order valence-electron chi connectivity index (χ4n) is 10.4. The van der Waals surface area contributed by atoms with Crippen molar-refractivity contribution in [3.63, 3.8) is 0 Å². The molecule has 0 radical (unpaired) electrons. The van der Waals surface area contributed by atoms with Crippen LogP contribution in [0.1, 0.15) is 51.3 Å². The molecule has 0 bridgehead atoms. The molecule has 66 heavy (non-hydrogen) atoms. The fraction of sp³-hybridized carbons (Fsp3) is 0.241. The van der Waals surface area contributed by atoms with Gasteiger partial charge in [0.15, 0.2) is 0 Å². The van der Waals surface area contributed by atoms with E-state index in [9.17, 15) is 19.7 Å². The van der Waals surface area contributed by atoms with Crippen molar-refractivity contribution in [2.75, 3.05) is 16.8 Å². The SMILES string of the molecule is CC(C)(C)[Si](OCC1=C2[C@@H](CC/C(=C/c3ccc(O)cc3Cl)c3ccccn3)OB(O)C[C@@H]2[C@@H]2C(=O)N(c3ccc(Nc4ccccc4)cc3)C(=O)[C@@H]2C1)(c1ccccc1)c1ccccc1. The van der Waals surface area contributed by atoms with Crippen LogP contribution in [0.5, 0.6) is 5.75 Å². The highest BCUT2D eigenvalue weighted by molar-refractivity contribution is 6.99. The summed E-state index contributed by atoms with van der Waals surface area (Å²) in [6, 6.07) is 48.7. The largest absolute Gasteiger partial charge is 0.508 e. The molecule has 2 amide bonds. The lowest BCUT2D eigenvalue weighted by atomic mass is 9.58. The Kier molecular flexibility index (Phi) is 13.0. The first kappa shape index (κ1) is 45.1. The third-order valence-electron chi connectivity index (χ3n) is 13.4. The Bertz CT molecular complexity index is 2710. The number of halogens is 1. The molecule has 0 unspecified atom stereocenters. The molecule has 12 heteroatoms. The predicted octanol–water partition coefficient (Wildman–Crippen LogP) is 10.1. The number of nitrogens with one attached hydrogen (secondary N) is 1. The van der Waals surface area contributed by atoms with E-state index in [1.54, 1.807) is 18.3 Å². The highest BCUT2D eigenvalue weighted by Gasteiger charge is 2.58. The van der Waals surface area contributed by atoms with Gasteiger partial charge < -0.3 is 24.5 Å². The molecule has 9 rings (SSSR count). The number of pyridine rings is 1. The van der Waals surface area contributed by atoms with Gasteiger partial charge in [-0.3, -0.25) is 19.5 Å². The number of benzene rings is 5. The van der Waals surface area contributed by atoms with Crippen LogP contribution in [0.3, 0.4) is 0 Å². The second kappa shape index (κ2) is 19.0. The second-order valence-electron chi connectivity index (χ2n) is 18.4. The normalized spacial score (nSPS) is 20.0. The van der Waals surface area contributed by atoms with Gasteiger partial charge in [0.2, 0.25) is 11.8 Å². The number of amides is 2. The molecule has 1 aliphatic carbocycles. The number of fused-ring (bicyclic) bond motifs is 3. The van der Waals surface area contributed by atoms with E-state index >= 15 is 0 Å². The van der Waals surface area contributed by atoms with Gasteiger partial charge in [0.1, 0.15) is 5.75 Å². The molecule has 3 heterocycles. The molecular formula is C54H53BClN3O6Si. The summed E-state index contributed by atoms with van der Waals surface area (Å²) >= 11 is 6.64. The zero-order valence-electron chi connectivity index (χ0n) is 37.3. The average Bonchev–Trinajstić information content (AvgIpc) is 3.57. The number of nitrogens with zero attached hydrogens (tertiary/aromatic N) is 2. The van der Waals surface area contributed by atoms with Crippen LogP contribution in [-0.2, 0) is 18.7 Å². The third kappa shape index (κ3) is 8.94. The second-order valence-corrected chi connectivity index (χ2v) is 23.2. The number of anilines is 3. The van der Waals surface area contributed by atoms with E-state index in [-0.39, 0.29) is 35.5 Å². The topological polar surface area (TPSA) is 121 Å². The predicted molar refractivity (Wildman–Crippen MR) is 266 cm³/mol. The monoisotopic (exact) mass is 913 g/mol. The lowest BCUT2D eigenvalue weighted by Crippen LogP contribution is -2.66. The van der Waals surface area contributed by atoms with E-state index < -0.39 is 39.3 Å². The number of carbonyl (C=O) groups excluding carboxylic acids is 2. The molecule has 2 aliphatic heterocycles. The van der Waals surface area contributed by atoms with Gasteiger partial charge in [0.05, 0.1) is 41.0 Å². The van der Waals surface area contributed by atoms with Gasteiger partial charge in [-0.2, -0.15) is 0 Å². The van der Waals surface area contributed by atoms with Gasteiger partial charge in [0, 0.05) is 17.6 Å². The summed E-state index contributed by atoms with van der Waals surface area (Å²) < 4.78 is 14.1. The van der Waals surface area contributed by atoms with Crippen LogP contribution >= 0.6 is 11.6 Å². The van der Waals surface area contributed by atoms with E-state index in [0.717, 1.165) is 49.7 Å². The van der Waals surface area contributed by atoms with Crippen molar-refractivity contribution in [2.45, 2.75) is 57.5 Å². The summed E-state index contributed by atoms with van der Waals surface area (Å²) in [6.07, 6.45) is 4.48. The van der Waals surface area contributed by atoms with Crippen molar-refractivity contribution in [2.24, 2.45) is 17.8 Å². The maximum atomic E-state index is 14.9. The molecule has 334 valence electrons. The van der Waals surface area contributed by atoms with Crippen molar-refractivity contribution in [1.82, 2.24) is 4.98 Å². The number of imide groups is 1. The quantitative estimate of drug-likeness (QED) is 0.0595. The summed E-state index contributed by atoms with van der Waals surface area (Å²) in [5, 5.41) is 27.4. The highest BCUT2D eigenvalue weighted by atomic mass is 35.5. The van der Waals surface area contributed by atoms with Crippen LogP contribution in [0.15, 0.2) is 169 Å². The van der Waals surface area contributed by atoms with Gasteiger partial charge >= 0.3 is 7.12 Å². The highest BCUT2D eigenvalue weighted by Crippen LogP contribution is 2.52. The molecule has 0 saturated carbocycles. The van der Waals surface area contributed by atoms with Crippen LogP contribution in [-0.4, -0.2) is 55.1 Å². The molecule has 3 aliphatic rings. The third-order valence-corrected chi connectivity index (χ3v) is 18.7. The summed E-state index contributed by atoms with van der Waals surface area (Å²) in [7, 11) is -4.23. The first-order chi connectivity index (χ1) is 31.9. The van der Waals surface area contributed by atoms with Crippen LogP contribution in [0.4, 0.5) is 17.1 Å². The number of phenolic OH excluding ortho intramolecular Hbond substituents is 1. The van der Waals surface area contributed by atoms with Gasteiger partial charge in [0.25, 0.3) is 8.32 Å². The summed E-state index contributed by atoms with van der Waals surface area (Å²) in [4.78, 5) is 35.8. The molecular weight excluding hydrogens is 861 g/mol. The number of carbonyl (C=O) groups is 2. The zero-order chi connectivity index (χ0) is 46.0. The number of allylic oxidation sites excluding steroid dienone is 1. The Hall–Kier alpha value is -6.08. The van der Waals surface area contributed by atoms with E-state index in [4.69, 9.17) is 20.7 Å². The van der Waals surface area contributed by atoms with Crippen molar-refractivity contribution in [3.05, 3.63) is 185 Å². The molecule has 3 N–H and O–H groups in total. The molecule has 2 fully saturated rings. The minimum atomic E-state index is -3.06. The fourth-order valence-corrected chi connectivity index (χ4v) is 15.2. The standard InChI is InChI=1S/C54H53BClN3O6Si/c1-54(2,3)66(43-17-9-5-10-18-43,44-19-11-6-12-20-44)64-35-38-32-45-51(53(62)59(52(45)61)41-26-24-40(25-27-41)58-39-15-7-4-8-16-39)46-34-55(63)65-49(50(38)46)29-23-37(48-21-13-14-30-57-48)31-36-22-28-42(60)33-47(36)56/h4-22,24-28,30-31,33,45-46,49,51,58,60,63H,23,29,32,34-35H2,1-3H3/b37-31-/t45-,46+,49-,51-/m1/s1. The molecule has 9 nitrogen and oxygen atoms in total. The number of aromatic hydroxyl groups is 1. The maximum Gasteiger partial charge on any atom is 0.455 e. The smallest absolute Gasteiger partial charge is 0.455 e. The lowest BCUT2D eigenvalue weighted by molar-refractivity contribution is -0.122. The first-order valence-electron chi connectivity index (χ1n) is 22.6. The summed E-state index contributed by atoms with van der Waals surface area (Å²) in [6.45, 7) is 6.93. The Labute approximate surface area is 393 Å². The van der Waals surface area contributed by atoms with E-state index in [1.807, 2.05) is 91.0 Å². The minimum absolute atomic E-state index is 0.0677. The van der Waals surface area contributed by atoms with Gasteiger partial charge in [-0.1, -0.05) is 117 Å².